The number of rotatable bonds is 3. The molecule has 2 heterocycles. The van der Waals surface area contributed by atoms with Crippen LogP contribution < -0.4 is 0 Å². The maximum Gasteiger partial charge on any atom is 0.433 e. The van der Waals surface area contributed by atoms with Gasteiger partial charge in [-0.2, -0.15) is 0 Å². The van der Waals surface area contributed by atoms with Gasteiger partial charge in [0.25, 0.3) is 11.8 Å². The van der Waals surface area contributed by atoms with E-state index in [-0.39, 0.29) is 37.5 Å². The zero-order valence-corrected chi connectivity index (χ0v) is 13.4. The van der Waals surface area contributed by atoms with Crippen LogP contribution in [0.3, 0.4) is 0 Å². The summed E-state index contributed by atoms with van der Waals surface area (Å²) in [6.45, 7) is 0.740. The third kappa shape index (κ3) is 3.39. The molecule has 3 rings (SSSR count). The van der Waals surface area contributed by atoms with Crippen molar-refractivity contribution >= 4 is 17.7 Å². The second kappa shape index (κ2) is 6.90. The van der Waals surface area contributed by atoms with Crippen LogP contribution in [-0.4, -0.2) is 52.7 Å². The summed E-state index contributed by atoms with van der Waals surface area (Å²) in [4.78, 5) is 37.3. The Labute approximate surface area is 145 Å². The van der Waals surface area contributed by atoms with E-state index in [2.05, 4.69) is 0 Å². The van der Waals surface area contributed by atoms with Crippen molar-refractivity contribution in [3.63, 3.8) is 0 Å². The van der Waals surface area contributed by atoms with Crippen molar-refractivity contribution in [1.82, 2.24) is 9.80 Å². The van der Waals surface area contributed by atoms with Gasteiger partial charge in [0.05, 0.1) is 6.07 Å². The molecule has 1 aliphatic rings. The molecule has 26 heavy (non-hydrogen) atoms. The average Bonchev–Trinajstić information content (AvgIpc) is 3.13. The molecule has 0 N–H and O–H groups in total. The molecule has 10 heteroatoms. The molecule has 0 spiro atoms. The van der Waals surface area contributed by atoms with Crippen molar-refractivity contribution in [3.05, 3.63) is 63.4 Å². The lowest BCUT2D eigenvalue weighted by Gasteiger charge is -2.34. The van der Waals surface area contributed by atoms with Crippen molar-refractivity contribution in [2.45, 2.75) is 0 Å². The summed E-state index contributed by atoms with van der Waals surface area (Å²) in [6.07, 6.45) is 0. The number of amides is 2. The molecule has 0 bridgehead atoms. The Morgan fingerprint density at radius 3 is 2.12 bits per heavy atom. The van der Waals surface area contributed by atoms with Crippen LogP contribution in [0.1, 0.15) is 20.9 Å². The molecule has 136 valence electrons. The van der Waals surface area contributed by atoms with Gasteiger partial charge in [-0.25, -0.2) is 8.78 Å². The van der Waals surface area contributed by atoms with Crippen molar-refractivity contribution in [1.29, 1.82) is 0 Å². The van der Waals surface area contributed by atoms with Crippen LogP contribution in [0, 0.1) is 21.7 Å². The molecule has 0 atom stereocenters. The van der Waals surface area contributed by atoms with Gasteiger partial charge in [-0.15, -0.1) is 0 Å². The summed E-state index contributed by atoms with van der Waals surface area (Å²) in [6, 6.07) is 5.22. The van der Waals surface area contributed by atoms with Crippen LogP contribution in [0.5, 0.6) is 0 Å². The number of carbonyl (C=O) groups excluding carboxylic acids is 2. The SMILES string of the molecule is O=C(c1ccc(F)c(F)c1)N1CCN(C(=O)c2ccc([N+](=O)[O-])o2)CC1. The van der Waals surface area contributed by atoms with Crippen LogP contribution >= 0.6 is 0 Å². The van der Waals surface area contributed by atoms with Gasteiger partial charge in [0.15, 0.2) is 17.4 Å². The number of nitrogens with zero attached hydrogens (tertiary/aromatic N) is 3. The van der Waals surface area contributed by atoms with Crippen LogP contribution in [0.4, 0.5) is 14.7 Å². The van der Waals surface area contributed by atoms with Gasteiger partial charge in [-0.1, -0.05) is 0 Å². The van der Waals surface area contributed by atoms with E-state index >= 15 is 0 Å². The lowest BCUT2D eigenvalue weighted by Crippen LogP contribution is -2.50. The standard InChI is InChI=1S/C16H13F2N3O5/c17-11-2-1-10(9-12(11)18)15(22)19-5-7-20(8-6-19)16(23)13-3-4-14(26-13)21(24)25/h1-4,9H,5-8H2. The lowest BCUT2D eigenvalue weighted by molar-refractivity contribution is -0.402. The molecular weight excluding hydrogens is 352 g/mol. The summed E-state index contributed by atoms with van der Waals surface area (Å²) in [7, 11) is 0. The second-order valence-electron chi connectivity index (χ2n) is 5.61. The zero-order valence-electron chi connectivity index (χ0n) is 13.4. The zero-order chi connectivity index (χ0) is 18.8. The number of nitro groups is 1. The second-order valence-corrected chi connectivity index (χ2v) is 5.61. The third-order valence-electron chi connectivity index (χ3n) is 4.00. The highest BCUT2D eigenvalue weighted by Crippen LogP contribution is 2.19. The lowest BCUT2D eigenvalue weighted by atomic mass is 10.1. The van der Waals surface area contributed by atoms with E-state index in [0.29, 0.717) is 0 Å². The summed E-state index contributed by atoms with van der Waals surface area (Å²) < 4.78 is 31.1. The molecule has 0 saturated carbocycles. The van der Waals surface area contributed by atoms with Gasteiger partial charge in [-0.05, 0) is 24.3 Å². The van der Waals surface area contributed by atoms with E-state index in [0.717, 1.165) is 18.2 Å². The molecule has 0 aliphatic carbocycles. The van der Waals surface area contributed by atoms with Gasteiger partial charge in [-0.3, -0.25) is 19.7 Å². The predicted molar refractivity (Wildman–Crippen MR) is 83.5 cm³/mol. The Morgan fingerprint density at radius 2 is 1.58 bits per heavy atom. The molecule has 1 aromatic carbocycles. The minimum Gasteiger partial charge on any atom is -0.395 e. The molecule has 2 aromatic rings. The average molecular weight is 365 g/mol. The Bertz CT molecular complexity index is 875. The van der Waals surface area contributed by atoms with Crippen LogP contribution in [0.2, 0.25) is 0 Å². The largest absolute Gasteiger partial charge is 0.433 e. The number of piperazine rings is 1. The summed E-state index contributed by atoms with van der Waals surface area (Å²) in [5.41, 5.74) is 0.0188. The van der Waals surface area contributed by atoms with E-state index in [4.69, 9.17) is 4.42 Å². The predicted octanol–water partition coefficient (Wildman–Crippen LogP) is 2.06. The van der Waals surface area contributed by atoms with Gasteiger partial charge in [0.1, 0.15) is 4.92 Å². The van der Waals surface area contributed by atoms with Gasteiger partial charge < -0.3 is 14.2 Å². The Kier molecular flexibility index (Phi) is 4.65. The Morgan fingerprint density at radius 1 is 0.962 bits per heavy atom. The fourth-order valence-electron chi connectivity index (χ4n) is 2.62. The van der Waals surface area contributed by atoms with Crippen molar-refractivity contribution < 1.29 is 27.7 Å². The quantitative estimate of drug-likeness (QED) is 0.613. The van der Waals surface area contributed by atoms with Crippen molar-refractivity contribution in [2.24, 2.45) is 0 Å². The first kappa shape index (κ1) is 17.5. The number of furan rings is 1. The molecule has 1 aliphatic heterocycles. The van der Waals surface area contributed by atoms with Gasteiger partial charge in [0.2, 0.25) is 0 Å². The van der Waals surface area contributed by atoms with Gasteiger partial charge >= 0.3 is 5.88 Å². The number of hydrogen-bond donors (Lipinski definition) is 0. The third-order valence-corrected chi connectivity index (χ3v) is 4.00. The highest BCUT2D eigenvalue weighted by atomic mass is 19.2. The van der Waals surface area contributed by atoms with E-state index in [1.54, 1.807) is 0 Å². The minimum atomic E-state index is -1.11. The highest BCUT2D eigenvalue weighted by molar-refractivity contribution is 5.95. The van der Waals surface area contributed by atoms with E-state index in [1.807, 2.05) is 0 Å². The highest BCUT2D eigenvalue weighted by Gasteiger charge is 2.28. The fourth-order valence-corrected chi connectivity index (χ4v) is 2.62. The van der Waals surface area contributed by atoms with Crippen LogP contribution in [-0.2, 0) is 0 Å². The van der Waals surface area contributed by atoms with Crippen LogP contribution in [0.25, 0.3) is 0 Å². The topological polar surface area (TPSA) is 96.9 Å². The van der Waals surface area contributed by atoms with Gasteiger partial charge in [0, 0.05) is 31.7 Å². The summed E-state index contributed by atoms with van der Waals surface area (Å²) in [5.74, 6) is -3.81. The maximum absolute atomic E-state index is 13.3. The normalized spacial score (nSPS) is 14.4. The summed E-state index contributed by atoms with van der Waals surface area (Å²) >= 11 is 0. The number of hydrogen-bond acceptors (Lipinski definition) is 5. The molecule has 1 saturated heterocycles. The first-order valence-electron chi connectivity index (χ1n) is 7.64. The monoisotopic (exact) mass is 365 g/mol. The number of carbonyl (C=O) groups is 2. The van der Waals surface area contributed by atoms with Crippen molar-refractivity contribution in [2.75, 3.05) is 26.2 Å². The first-order chi connectivity index (χ1) is 12.4. The smallest absolute Gasteiger partial charge is 0.395 e. The minimum absolute atomic E-state index is 0.0188. The maximum atomic E-state index is 13.3. The molecule has 8 nitrogen and oxygen atoms in total. The Balaban J connectivity index is 1.62. The Hall–Kier alpha value is -3.30. The van der Waals surface area contributed by atoms with Crippen molar-refractivity contribution in [3.8, 4) is 0 Å². The van der Waals surface area contributed by atoms with Crippen LogP contribution in [0.15, 0.2) is 34.7 Å². The first-order valence-corrected chi connectivity index (χ1v) is 7.64. The molecule has 0 unspecified atom stereocenters. The molecule has 1 fully saturated rings. The summed E-state index contributed by atoms with van der Waals surface area (Å²) in [5, 5.41) is 10.6. The number of benzene rings is 1. The van der Waals surface area contributed by atoms with E-state index < -0.39 is 34.3 Å². The molecule has 2 amide bonds. The van der Waals surface area contributed by atoms with E-state index in [9.17, 15) is 28.5 Å². The molecule has 1 aromatic heterocycles. The molecule has 0 radical (unpaired) electrons. The molecular formula is C16H13F2N3O5. The van der Waals surface area contributed by atoms with E-state index in [1.165, 1.54) is 21.9 Å². The fraction of sp³-hybridized carbons (Fsp3) is 0.250. The number of halogens is 2.